The Bertz CT molecular complexity index is 418. The zero-order valence-electron chi connectivity index (χ0n) is 10.7. The summed E-state index contributed by atoms with van der Waals surface area (Å²) >= 11 is 11.5. The summed E-state index contributed by atoms with van der Waals surface area (Å²) in [7, 11) is 0. The molecule has 98 valence electrons. The maximum Gasteiger partial charge on any atom is 0.173 e. The average molecular weight is 283 g/mol. The Morgan fingerprint density at radius 2 is 2.28 bits per heavy atom. The minimum Gasteiger partial charge on any atom is -0.349 e. The van der Waals surface area contributed by atoms with E-state index < -0.39 is 0 Å². The van der Waals surface area contributed by atoms with Crippen molar-refractivity contribution in [1.29, 1.82) is 0 Å². The van der Waals surface area contributed by atoms with Crippen LogP contribution in [0, 0.1) is 5.92 Å². The molecule has 0 bridgehead atoms. The zero-order chi connectivity index (χ0) is 13.0. The van der Waals surface area contributed by atoms with Gasteiger partial charge in [0.25, 0.3) is 0 Å². The monoisotopic (exact) mass is 282 g/mol. The number of benzene rings is 1. The van der Waals surface area contributed by atoms with Gasteiger partial charge in [-0.3, -0.25) is 0 Å². The fourth-order valence-corrected chi connectivity index (χ4v) is 2.40. The van der Waals surface area contributed by atoms with E-state index >= 15 is 0 Å². The van der Waals surface area contributed by atoms with E-state index in [1.54, 1.807) is 0 Å². The number of nitrogens with zero attached hydrogens (tertiary/aromatic N) is 1. The van der Waals surface area contributed by atoms with E-state index in [1.165, 1.54) is 12.8 Å². The molecule has 0 aromatic heterocycles. The van der Waals surface area contributed by atoms with Gasteiger partial charge in [0, 0.05) is 23.8 Å². The van der Waals surface area contributed by atoms with Gasteiger partial charge in [0.1, 0.15) is 0 Å². The van der Waals surface area contributed by atoms with E-state index in [0.29, 0.717) is 0 Å². The molecule has 4 heteroatoms. The summed E-state index contributed by atoms with van der Waals surface area (Å²) in [5.41, 5.74) is 0.962. The molecular formula is C14H19ClN2S. The summed E-state index contributed by atoms with van der Waals surface area (Å²) in [6.45, 7) is 4.28. The molecule has 18 heavy (non-hydrogen) atoms. The van der Waals surface area contributed by atoms with Crippen LogP contribution in [0.5, 0.6) is 0 Å². The molecule has 0 spiro atoms. The van der Waals surface area contributed by atoms with Crippen LogP contribution < -0.4 is 5.32 Å². The van der Waals surface area contributed by atoms with Crippen molar-refractivity contribution in [2.24, 2.45) is 5.92 Å². The summed E-state index contributed by atoms with van der Waals surface area (Å²) in [4.78, 5) is 2.27. The first-order valence-electron chi connectivity index (χ1n) is 6.50. The van der Waals surface area contributed by atoms with E-state index in [0.717, 1.165) is 41.3 Å². The fourth-order valence-electron chi connectivity index (χ4n) is 1.93. The lowest BCUT2D eigenvalue weighted by Gasteiger charge is -2.25. The number of nitrogens with one attached hydrogen (secondary N) is 1. The predicted octanol–water partition coefficient (Wildman–Crippen LogP) is 4.16. The van der Waals surface area contributed by atoms with Crippen LogP contribution in [0.2, 0.25) is 5.02 Å². The molecule has 1 saturated carbocycles. The van der Waals surface area contributed by atoms with Gasteiger partial charge in [0.05, 0.1) is 0 Å². The van der Waals surface area contributed by atoms with Gasteiger partial charge in [-0.2, -0.15) is 0 Å². The number of hydrogen-bond acceptors (Lipinski definition) is 1. The third kappa shape index (κ3) is 4.14. The molecule has 0 aliphatic heterocycles. The lowest BCUT2D eigenvalue weighted by atomic mass is 10.3. The van der Waals surface area contributed by atoms with Crippen LogP contribution in [0.3, 0.4) is 0 Å². The second kappa shape index (κ2) is 6.39. The minimum atomic E-state index is 0.729. The van der Waals surface area contributed by atoms with Crippen LogP contribution in [0.1, 0.15) is 26.2 Å². The Kier molecular flexibility index (Phi) is 4.84. The molecule has 0 heterocycles. The van der Waals surface area contributed by atoms with Crippen LogP contribution in [-0.2, 0) is 0 Å². The number of anilines is 1. The topological polar surface area (TPSA) is 15.3 Å². The van der Waals surface area contributed by atoms with Crippen LogP contribution in [-0.4, -0.2) is 23.1 Å². The van der Waals surface area contributed by atoms with Gasteiger partial charge in [-0.25, -0.2) is 0 Å². The molecule has 1 aliphatic carbocycles. The lowest BCUT2D eigenvalue weighted by molar-refractivity contribution is 0.404. The fraction of sp³-hybridized carbons (Fsp3) is 0.500. The van der Waals surface area contributed by atoms with Crippen molar-refractivity contribution in [3.8, 4) is 0 Å². The normalized spacial score (nSPS) is 14.3. The number of rotatable bonds is 5. The number of thiocarbonyl (C=S) groups is 1. The molecule has 0 amide bonds. The Hall–Kier alpha value is -0.800. The molecule has 0 saturated heterocycles. The Morgan fingerprint density at radius 3 is 2.89 bits per heavy atom. The van der Waals surface area contributed by atoms with Gasteiger partial charge in [-0.05, 0) is 55.6 Å². The number of halogens is 1. The maximum atomic E-state index is 5.97. The molecular weight excluding hydrogens is 264 g/mol. The maximum absolute atomic E-state index is 5.97. The van der Waals surface area contributed by atoms with Gasteiger partial charge in [0.2, 0.25) is 0 Å². The summed E-state index contributed by atoms with van der Waals surface area (Å²) in [6, 6.07) is 7.68. The molecule has 2 rings (SSSR count). The van der Waals surface area contributed by atoms with Crippen molar-refractivity contribution < 1.29 is 0 Å². The van der Waals surface area contributed by atoms with Crippen molar-refractivity contribution in [3.05, 3.63) is 29.3 Å². The first-order valence-corrected chi connectivity index (χ1v) is 7.29. The van der Waals surface area contributed by atoms with E-state index in [4.69, 9.17) is 23.8 Å². The van der Waals surface area contributed by atoms with Crippen molar-refractivity contribution in [2.75, 3.05) is 18.4 Å². The van der Waals surface area contributed by atoms with E-state index in [2.05, 4.69) is 17.1 Å². The van der Waals surface area contributed by atoms with Crippen molar-refractivity contribution in [3.63, 3.8) is 0 Å². The summed E-state index contributed by atoms with van der Waals surface area (Å²) in [5, 5.41) is 4.81. The molecule has 1 fully saturated rings. The molecule has 0 atom stereocenters. The predicted molar refractivity (Wildman–Crippen MR) is 82.3 cm³/mol. The minimum absolute atomic E-state index is 0.729. The molecule has 1 aromatic rings. The average Bonchev–Trinajstić information content (AvgIpc) is 3.12. The van der Waals surface area contributed by atoms with Crippen LogP contribution in [0.25, 0.3) is 0 Å². The van der Waals surface area contributed by atoms with Gasteiger partial charge in [-0.15, -0.1) is 0 Å². The Morgan fingerprint density at radius 1 is 1.50 bits per heavy atom. The van der Waals surface area contributed by atoms with Gasteiger partial charge >= 0.3 is 0 Å². The van der Waals surface area contributed by atoms with E-state index in [1.807, 2.05) is 24.3 Å². The highest BCUT2D eigenvalue weighted by Crippen LogP contribution is 2.30. The molecule has 0 unspecified atom stereocenters. The molecule has 1 aromatic carbocycles. The highest BCUT2D eigenvalue weighted by Gasteiger charge is 2.25. The zero-order valence-corrected chi connectivity index (χ0v) is 12.2. The highest BCUT2D eigenvalue weighted by atomic mass is 35.5. The van der Waals surface area contributed by atoms with Crippen LogP contribution >= 0.6 is 23.8 Å². The van der Waals surface area contributed by atoms with Crippen LogP contribution in [0.4, 0.5) is 5.69 Å². The van der Waals surface area contributed by atoms with Crippen molar-refractivity contribution >= 4 is 34.6 Å². The highest BCUT2D eigenvalue weighted by molar-refractivity contribution is 7.80. The first kappa shape index (κ1) is 13.6. The second-order valence-corrected chi connectivity index (χ2v) is 5.65. The van der Waals surface area contributed by atoms with Gasteiger partial charge in [0.15, 0.2) is 5.11 Å². The van der Waals surface area contributed by atoms with Gasteiger partial charge in [-0.1, -0.05) is 24.6 Å². The summed E-state index contributed by atoms with van der Waals surface area (Å²) in [5.74, 6) is 0.843. The van der Waals surface area contributed by atoms with Crippen molar-refractivity contribution in [2.45, 2.75) is 26.2 Å². The molecule has 1 N–H and O–H groups in total. The van der Waals surface area contributed by atoms with E-state index in [-0.39, 0.29) is 0 Å². The molecule has 0 radical (unpaired) electrons. The summed E-state index contributed by atoms with van der Waals surface area (Å²) < 4.78 is 0. The first-order chi connectivity index (χ1) is 8.69. The van der Waals surface area contributed by atoms with Crippen molar-refractivity contribution in [1.82, 2.24) is 4.90 Å². The standard InChI is InChI=1S/C14H19ClN2S/c1-2-8-17(10-11-6-7-11)14(18)16-13-5-3-4-12(15)9-13/h3-5,9,11H,2,6-8,10H2,1H3,(H,16,18). The van der Waals surface area contributed by atoms with Gasteiger partial charge < -0.3 is 10.2 Å². The molecule has 2 nitrogen and oxygen atoms in total. The third-order valence-electron chi connectivity index (χ3n) is 3.03. The Balaban J connectivity index is 1.94. The third-order valence-corrected chi connectivity index (χ3v) is 3.63. The second-order valence-electron chi connectivity index (χ2n) is 4.83. The largest absolute Gasteiger partial charge is 0.349 e. The molecule has 1 aliphatic rings. The SMILES string of the molecule is CCCN(CC1CC1)C(=S)Nc1cccc(Cl)c1. The quantitative estimate of drug-likeness (QED) is 0.817. The Labute approximate surface area is 119 Å². The number of hydrogen-bond donors (Lipinski definition) is 1. The smallest absolute Gasteiger partial charge is 0.173 e. The lowest BCUT2D eigenvalue weighted by Crippen LogP contribution is -2.36. The van der Waals surface area contributed by atoms with E-state index in [9.17, 15) is 0 Å². The summed E-state index contributed by atoms with van der Waals surface area (Å²) in [6.07, 6.45) is 3.81. The van der Waals surface area contributed by atoms with Crippen LogP contribution in [0.15, 0.2) is 24.3 Å².